The maximum Gasteiger partial charge on any atom is 0.272 e. The first-order chi connectivity index (χ1) is 13.9. The highest BCUT2D eigenvalue weighted by molar-refractivity contribution is 7.71. The molecular weight excluding hydrogens is 419 g/mol. The molecule has 1 aromatic heterocycles. The lowest BCUT2D eigenvalue weighted by Crippen LogP contribution is -2.22. The molecule has 0 spiro atoms. The van der Waals surface area contributed by atoms with Gasteiger partial charge in [-0.05, 0) is 42.0 Å². The van der Waals surface area contributed by atoms with Crippen molar-refractivity contribution >= 4 is 35.9 Å². The zero-order valence-corrected chi connectivity index (χ0v) is 16.3. The first-order valence-electron chi connectivity index (χ1n) is 8.25. The van der Waals surface area contributed by atoms with Gasteiger partial charge in [-0.2, -0.15) is 5.10 Å². The highest BCUT2D eigenvalue weighted by Gasteiger charge is 2.12. The number of aromatic amines is 1. The number of nitrogens with one attached hydrogen (secondary N) is 2. The van der Waals surface area contributed by atoms with E-state index in [-0.39, 0.29) is 27.5 Å². The lowest BCUT2D eigenvalue weighted by molar-refractivity contribution is 0.0955. The molecule has 0 atom stereocenters. The quantitative estimate of drug-likeness (QED) is 0.327. The number of carbonyl (C=O) groups is 1. The number of aromatic nitrogens is 2. The second-order valence-corrected chi connectivity index (χ2v) is 6.68. The number of aromatic hydroxyl groups is 1. The fraction of sp³-hybridized carbons (Fsp3) is 0.0526. The van der Waals surface area contributed by atoms with Crippen LogP contribution in [0, 0.1) is 10.6 Å². The number of H-pyrrole nitrogens is 1. The van der Waals surface area contributed by atoms with Crippen LogP contribution in [0.4, 0.5) is 4.39 Å². The van der Waals surface area contributed by atoms with Gasteiger partial charge < -0.3 is 5.11 Å². The van der Waals surface area contributed by atoms with Crippen LogP contribution in [-0.2, 0) is 6.54 Å². The van der Waals surface area contributed by atoms with Gasteiger partial charge in [0.1, 0.15) is 11.4 Å². The largest absolute Gasteiger partial charge is 0.494 e. The highest BCUT2D eigenvalue weighted by atomic mass is 35.5. The summed E-state index contributed by atoms with van der Waals surface area (Å²) < 4.78 is 14.3. The monoisotopic (exact) mass is 432 g/mol. The van der Waals surface area contributed by atoms with E-state index in [1.807, 2.05) is 0 Å². The molecule has 148 valence electrons. The van der Waals surface area contributed by atoms with Gasteiger partial charge in [-0.25, -0.2) is 9.82 Å². The average molecular weight is 433 g/mol. The Kier molecular flexibility index (Phi) is 6.20. The van der Waals surface area contributed by atoms with Crippen molar-refractivity contribution in [3.63, 3.8) is 0 Å². The third-order valence-electron chi connectivity index (χ3n) is 3.94. The van der Waals surface area contributed by atoms with Gasteiger partial charge in [0.05, 0.1) is 23.3 Å². The summed E-state index contributed by atoms with van der Waals surface area (Å²) in [5.74, 6) is -1.43. The molecule has 1 heterocycles. The van der Waals surface area contributed by atoms with E-state index in [1.165, 1.54) is 34.9 Å². The summed E-state index contributed by atoms with van der Waals surface area (Å²) in [6.07, 6.45) is 0.999. The fourth-order valence-corrected chi connectivity index (χ4v) is 2.94. The maximum absolute atomic E-state index is 13.1. The van der Waals surface area contributed by atoms with Crippen LogP contribution >= 0.6 is 23.8 Å². The molecule has 3 aromatic rings. The highest BCUT2D eigenvalue weighted by Crippen LogP contribution is 2.16. The molecule has 0 aliphatic heterocycles. The number of amides is 1. The first-order valence-corrected chi connectivity index (χ1v) is 9.04. The van der Waals surface area contributed by atoms with E-state index in [2.05, 4.69) is 15.5 Å². The van der Waals surface area contributed by atoms with Gasteiger partial charge in [-0.1, -0.05) is 35.9 Å². The van der Waals surface area contributed by atoms with Crippen LogP contribution in [0.3, 0.4) is 0 Å². The lowest BCUT2D eigenvalue weighted by atomic mass is 10.2. The van der Waals surface area contributed by atoms with E-state index in [1.54, 1.807) is 18.2 Å². The Hall–Kier alpha value is -3.30. The van der Waals surface area contributed by atoms with Crippen molar-refractivity contribution in [2.75, 3.05) is 0 Å². The van der Waals surface area contributed by atoms with Crippen LogP contribution in [0.5, 0.6) is 5.88 Å². The second-order valence-electron chi connectivity index (χ2n) is 5.89. The molecule has 10 heteroatoms. The number of rotatable bonds is 5. The Balaban J connectivity index is 1.85. The van der Waals surface area contributed by atoms with Crippen LogP contribution in [0.1, 0.15) is 21.5 Å². The predicted molar refractivity (Wildman–Crippen MR) is 110 cm³/mol. The van der Waals surface area contributed by atoms with E-state index in [4.69, 9.17) is 23.8 Å². The van der Waals surface area contributed by atoms with Crippen molar-refractivity contribution in [1.29, 1.82) is 0 Å². The summed E-state index contributed by atoms with van der Waals surface area (Å²) in [5, 5.41) is 14.4. The number of hydrogen-bond donors (Lipinski definition) is 3. The third kappa shape index (κ3) is 4.76. The van der Waals surface area contributed by atoms with Crippen molar-refractivity contribution in [3.8, 4) is 5.88 Å². The Morgan fingerprint density at radius 1 is 1.28 bits per heavy atom. The Morgan fingerprint density at radius 3 is 2.66 bits per heavy atom. The predicted octanol–water partition coefficient (Wildman–Crippen LogP) is 3.22. The number of nitrogens with zero attached hydrogens (tertiary/aromatic N) is 2. The Bertz CT molecular complexity index is 1210. The topological polar surface area (TPSA) is 99.5 Å². The molecule has 0 saturated heterocycles. The molecule has 7 nitrogen and oxygen atoms in total. The second kappa shape index (κ2) is 8.80. The van der Waals surface area contributed by atoms with Gasteiger partial charge in [0.15, 0.2) is 4.77 Å². The van der Waals surface area contributed by atoms with Gasteiger partial charge in [0, 0.05) is 0 Å². The average Bonchev–Trinajstić information content (AvgIpc) is 2.69. The molecule has 29 heavy (non-hydrogen) atoms. The van der Waals surface area contributed by atoms with E-state index in [0.29, 0.717) is 5.56 Å². The maximum atomic E-state index is 13.1. The van der Waals surface area contributed by atoms with E-state index in [0.717, 1.165) is 6.21 Å². The molecule has 0 fully saturated rings. The minimum absolute atomic E-state index is 0.0194. The van der Waals surface area contributed by atoms with E-state index in [9.17, 15) is 19.1 Å². The Morgan fingerprint density at radius 2 is 1.97 bits per heavy atom. The van der Waals surface area contributed by atoms with E-state index < -0.39 is 23.2 Å². The van der Waals surface area contributed by atoms with Gasteiger partial charge in [0.2, 0.25) is 5.88 Å². The molecule has 0 saturated carbocycles. The summed E-state index contributed by atoms with van der Waals surface area (Å²) >= 11 is 11.0. The Labute approximate surface area is 174 Å². The molecule has 1 amide bonds. The zero-order chi connectivity index (χ0) is 21.0. The lowest BCUT2D eigenvalue weighted by Gasteiger charge is -2.11. The van der Waals surface area contributed by atoms with Crippen LogP contribution in [0.15, 0.2) is 58.4 Å². The molecule has 0 aliphatic carbocycles. The smallest absolute Gasteiger partial charge is 0.272 e. The molecule has 3 rings (SSSR count). The summed E-state index contributed by atoms with van der Waals surface area (Å²) in [6.45, 7) is 0.0918. The van der Waals surface area contributed by atoms with Crippen LogP contribution < -0.4 is 11.0 Å². The molecule has 2 aromatic carbocycles. The number of benzene rings is 2. The zero-order valence-electron chi connectivity index (χ0n) is 14.7. The van der Waals surface area contributed by atoms with Gasteiger partial charge in [-0.15, -0.1) is 0 Å². The summed E-state index contributed by atoms with van der Waals surface area (Å²) in [5.41, 5.74) is 2.21. The van der Waals surface area contributed by atoms with Gasteiger partial charge in [0.25, 0.3) is 11.5 Å². The molecule has 0 unspecified atom stereocenters. The molecule has 0 radical (unpaired) electrons. The van der Waals surface area contributed by atoms with Crippen LogP contribution in [0.25, 0.3) is 0 Å². The van der Waals surface area contributed by atoms with Crippen LogP contribution in [-0.4, -0.2) is 26.8 Å². The normalized spacial score (nSPS) is 11.0. The minimum Gasteiger partial charge on any atom is -0.494 e. The number of halogens is 2. The molecular formula is C19H14ClFN4O3S. The number of hydrazone groups is 1. The fourth-order valence-electron chi connectivity index (χ4n) is 2.47. The van der Waals surface area contributed by atoms with Gasteiger partial charge in [-0.3, -0.25) is 19.1 Å². The molecule has 0 bridgehead atoms. The van der Waals surface area contributed by atoms with E-state index >= 15 is 0 Å². The summed E-state index contributed by atoms with van der Waals surface area (Å²) in [6, 6.07) is 12.0. The van der Waals surface area contributed by atoms with Crippen molar-refractivity contribution in [2.24, 2.45) is 5.10 Å². The molecule has 3 N–H and O–H groups in total. The first kappa shape index (κ1) is 20.4. The number of carbonyl (C=O) groups excluding carboxylic acids is 1. The van der Waals surface area contributed by atoms with Crippen molar-refractivity contribution < 1.29 is 14.3 Å². The third-order valence-corrected chi connectivity index (χ3v) is 4.59. The van der Waals surface area contributed by atoms with Crippen molar-refractivity contribution in [3.05, 3.63) is 91.2 Å². The standard InChI is InChI=1S/C19H14ClFN4O3S/c20-15-4-2-1-3-13(15)17(27)24-22-9-14-16(26)23-19(29)25(18(14)28)10-11-5-7-12(21)8-6-11/h1-9,28H,10H2,(H,24,27)(H,23,26,29). The molecule has 0 aliphatic rings. The number of hydrogen-bond acceptors (Lipinski definition) is 5. The SMILES string of the molecule is O=C(NN=Cc1c(O)n(Cc2ccc(F)cc2)c(=S)[nH]c1=O)c1ccccc1Cl. The summed E-state index contributed by atoms with van der Waals surface area (Å²) in [7, 11) is 0. The van der Waals surface area contributed by atoms with Gasteiger partial charge >= 0.3 is 0 Å². The van der Waals surface area contributed by atoms with Crippen LogP contribution in [0.2, 0.25) is 5.02 Å². The van der Waals surface area contributed by atoms with Crippen molar-refractivity contribution in [1.82, 2.24) is 15.0 Å². The summed E-state index contributed by atoms with van der Waals surface area (Å²) in [4.78, 5) is 26.7. The van der Waals surface area contributed by atoms with Crippen molar-refractivity contribution in [2.45, 2.75) is 6.54 Å². The minimum atomic E-state index is -0.682.